The second-order valence-corrected chi connectivity index (χ2v) is 6.75. The third-order valence-corrected chi connectivity index (χ3v) is 5.40. The van der Waals surface area contributed by atoms with Crippen LogP contribution in [0.5, 0.6) is 0 Å². The number of likely N-dealkylation sites (tertiary alicyclic amines) is 1. The monoisotopic (exact) mass is 292 g/mol. The van der Waals surface area contributed by atoms with Crippen LogP contribution in [0.2, 0.25) is 0 Å². The van der Waals surface area contributed by atoms with Crippen LogP contribution in [0.3, 0.4) is 0 Å². The van der Waals surface area contributed by atoms with Crippen LogP contribution in [0.4, 0.5) is 5.69 Å². The number of nitrogens with two attached hydrogens (primary N) is 1. The van der Waals surface area contributed by atoms with Crippen molar-refractivity contribution in [1.82, 2.24) is 4.90 Å². The predicted octanol–water partition coefficient (Wildman–Crippen LogP) is 3.62. The molecule has 1 fully saturated rings. The van der Waals surface area contributed by atoms with E-state index in [0.29, 0.717) is 12.0 Å². The lowest BCUT2D eigenvalue weighted by atomic mass is 9.74. The lowest BCUT2D eigenvalue weighted by Gasteiger charge is -2.45. The molecule has 0 amide bonds. The molecule has 2 N–H and O–H groups in total. The molecule has 2 aromatic rings. The van der Waals surface area contributed by atoms with Crippen LogP contribution >= 0.6 is 0 Å². The number of rotatable bonds is 3. The number of benzene rings is 2. The molecule has 2 atom stereocenters. The van der Waals surface area contributed by atoms with E-state index in [1.54, 1.807) is 0 Å². The van der Waals surface area contributed by atoms with E-state index in [-0.39, 0.29) is 0 Å². The molecule has 1 saturated heterocycles. The van der Waals surface area contributed by atoms with Gasteiger partial charge in [0.05, 0.1) is 0 Å². The van der Waals surface area contributed by atoms with Crippen LogP contribution < -0.4 is 5.73 Å². The molecule has 2 heteroatoms. The van der Waals surface area contributed by atoms with Gasteiger partial charge in [0.25, 0.3) is 0 Å². The van der Waals surface area contributed by atoms with Crippen LogP contribution in [-0.2, 0) is 12.8 Å². The summed E-state index contributed by atoms with van der Waals surface area (Å²) >= 11 is 0. The Labute approximate surface area is 132 Å². The van der Waals surface area contributed by atoms with Gasteiger partial charge in [0, 0.05) is 17.6 Å². The predicted molar refractivity (Wildman–Crippen MR) is 92.0 cm³/mol. The van der Waals surface area contributed by atoms with Gasteiger partial charge >= 0.3 is 0 Å². The van der Waals surface area contributed by atoms with E-state index >= 15 is 0 Å². The molecule has 2 unspecified atom stereocenters. The van der Waals surface area contributed by atoms with Crippen LogP contribution in [0.25, 0.3) is 0 Å². The van der Waals surface area contributed by atoms with E-state index in [9.17, 15) is 0 Å². The van der Waals surface area contributed by atoms with Crippen LogP contribution in [0.15, 0.2) is 48.5 Å². The maximum Gasteiger partial charge on any atom is 0.0317 e. The smallest absolute Gasteiger partial charge is 0.0317 e. The summed E-state index contributed by atoms with van der Waals surface area (Å²) in [6.07, 6.45) is 4.97. The number of nitrogen functional groups attached to an aromatic ring is 1. The van der Waals surface area contributed by atoms with Crippen LogP contribution in [0.1, 0.15) is 35.4 Å². The molecule has 2 nitrogen and oxygen atoms in total. The van der Waals surface area contributed by atoms with Gasteiger partial charge < -0.3 is 5.73 Å². The maximum absolute atomic E-state index is 6.09. The first-order valence-corrected chi connectivity index (χ1v) is 8.47. The average molecular weight is 292 g/mol. The number of hydrogen-bond acceptors (Lipinski definition) is 2. The van der Waals surface area contributed by atoms with Gasteiger partial charge in [-0.15, -0.1) is 0 Å². The summed E-state index contributed by atoms with van der Waals surface area (Å²) in [5, 5.41) is 0. The average Bonchev–Trinajstić information content (AvgIpc) is 2.49. The first-order valence-electron chi connectivity index (χ1n) is 8.47. The zero-order valence-corrected chi connectivity index (χ0v) is 13.0. The van der Waals surface area contributed by atoms with E-state index in [4.69, 9.17) is 5.73 Å². The van der Waals surface area contributed by atoms with Crippen molar-refractivity contribution in [2.24, 2.45) is 0 Å². The van der Waals surface area contributed by atoms with Crippen LogP contribution in [-0.4, -0.2) is 24.0 Å². The first kappa shape index (κ1) is 13.8. The number of anilines is 1. The van der Waals surface area contributed by atoms with E-state index < -0.39 is 0 Å². The highest BCUT2D eigenvalue weighted by atomic mass is 15.2. The lowest BCUT2D eigenvalue weighted by Crippen LogP contribution is -2.49. The molecule has 1 heterocycles. The Bertz CT molecular complexity index is 646. The van der Waals surface area contributed by atoms with Crippen molar-refractivity contribution in [3.63, 3.8) is 0 Å². The van der Waals surface area contributed by atoms with Crippen molar-refractivity contribution in [1.29, 1.82) is 0 Å². The molecule has 0 bridgehead atoms. The fraction of sp³-hybridized carbons (Fsp3) is 0.400. The van der Waals surface area contributed by atoms with Crippen molar-refractivity contribution in [3.8, 4) is 0 Å². The van der Waals surface area contributed by atoms with Crippen molar-refractivity contribution in [2.75, 3.05) is 18.8 Å². The Morgan fingerprint density at radius 3 is 2.59 bits per heavy atom. The number of hydrogen-bond donors (Lipinski definition) is 1. The quantitative estimate of drug-likeness (QED) is 0.876. The molecule has 1 aliphatic heterocycles. The second-order valence-electron chi connectivity index (χ2n) is 6.75. The molecule has 0 spiro atoms. The molecule has 0 radical (unpaired) electrons. The van der Waals surface area contributed by atoms with Gasteiger partial charge in [0.1, 0.15) is 0 Å². The van der Waals surface area contributed by atoms with Gasteiger partial charge in [-0.1, -0.05) is 36.4 Å². The van der Waals surface area contributed by atoms with E-state index in [1.807, 2.05) is 0 Å². The molecule has 0 saturated carbocycles. The summed E-state index contributed by atoms with van der Waals surface area (Å²) in [5.74, 6) is 0.579. The summed E-state index contributed by atoms with van der Waals surface area (Å²) in [7, 11) is 0. The first-order chi connectivity index (χ1) is 10.8. The van der Waals surface area contributed by atoms with E-state index in [2.05, 4.69) is 53.4 Å². The SMILES string of the molecule is Nc1ccc2c(c1)C(Cc1ccccc1)C(N1CCC1)CC2. The second kappa shape index (κ2) is 5.77. The number of fused-ring (bicyclic) bond motifs is 1. The molecular formula is C20H24N2. The minimum atomic E-state index is 0.579. The molecule has 2 aliphatic rings. The van der Waals surface area contributed by atoms with E-state index in [0.717, 1.165) is 12.1 Å². The topological polar surface area (TPSA) is 29.3 Å². The normalized spacial score (nSPS) is 24.5. The summed E-state index contributed by atoms with van der Waals surface area (Å²) in [5.41, 5.74) is 11.4. The Hall–Kier alpha value is -1.80. The molecule has 1 aliphatic carbocycles. The third kappa shape index (κ3) is 2.52. The highest BCUT2D eigenvalue weighted by Crippen LogP contribution is 2.39. The summed E-state index contributed by atoms with van der Waals surface area (Å²) < 4.78 is 0. The van der Waals surface area contributed by atoms with Crippen LogP contribution in [0, 0.1) is 0 Å². The minimum Gasteiger partial charge on any atom is -0.399 e. The minimum absolute atomic E-state index is 0.579. The Kier molecular flexibility index (Phi) is 3.63. The van der Waals surface area contributed by atoms with Crippen molar-refractivity contribution < 1.29 is 0 Å². The van der Waals surface area contributed by atoms with Crippen molar-refractivity contribution in [2.45, 2.75) is 37.6 Å². The van der Waals surface area contributed by atoms with Gasteiger partial charge in [-0.2, -0.15) is 0 Å². The molecule has 22 heavy (non-hydrogen) atoms. The van der Waals surface area contributed by atoms with Crippen molar-refractivity contribution in [3.05, 3.63) is 65.2 Å². The number of nitrogens with zero attached hydrogens (tertiary/aromatic N) is 1. The summed E-state index contributed by atoms with van der Waals surface area (Å²) in [6, 6.07) is 18.1. The fourth-order valence-corrected chi connectivity index (χ4v) is 4.12. The molecule has 114 valence electrons. The number of aryl methyl sites for hydroxylation is 1. The standard InChI is InChI=1S/C20H24N2/c21-17-9-7-16-8-10-20(22-11-4-12-22)19(18(16)14-17)13-15-5-2-1-3-6-15/h1-3,5-7,9,14,19-20H,4,8,10-13,21H2. The van der Waals surface area contributed by atoms with Gasteiger partial charge in [-0.25, -0.2) is 0 Å². The summed E-state index contributed by atoms with van der Waals surface area (Å²) in [4.78, 5) is 2.68. The molecule has 4 rings (SSSR count). The maximum atomic E-state index is 6.09. The molecule has 0 aromatic heterocycles. The fourth-order valence-electron chi connectivity index (χ4n) is 4.12. The third-order valence-electron chi connectivity index (χ3n) is 5.40. The van der Waals surface area contributed by atoms with Gasteiger partial charge in [-0.05, 0) is 67.6 Å². The lowest BCUT2D eigenvalue weighted by molar-refractivity contribution is 0.0877. The highest BCUT2D eigenvalue weighted by Gasteiger charge is 2.35. The van der Waals surface area contributed by atoms with Gasteiger partial charge in [0.2, 0.25) is 0 Å². The van der Waals surface area contributed by atoms with Crippen molar-refractivity contribution >= 4 is 5.69 Å². The molecule has 2 aromatic carbocycles. The zero-order chi connectivity index (χ0) is 14.9. The zero-order valence-electron chi connectivity index (χ0n) is 13.0. The highest BCUT2D eigenvalue weighted by molar-refractivity contribution is 5.48. The Morgan fingerprint density at radius 2 is 1.86 bits per heavy atom. The Balaban J connectivity index is 1.70. The van der Waals surface area contributed by atoms with Gasteiger partial charge in [0.15, 0.2) is 0 Å². The largest absolute Gasteiger partial charge is 0.399 e. The summed E-state index contributed by atoms with van der Waals surface area (Å²) in [6.45, 7) is 2.54. The Morgan fingerprint density at radius 1 is 1.05 bits per heavy atom. The van der Waals surface area contributed by atoms with Gasteiger partial charge in [-0.3, -0.25) is 4.90 Å². The molecular weight excluding hydrogens is 268 g/mol. The van der Waals surface area contributed by atoms with E-state index in [1.165, 1.54) is 49.0 Å².